The van der Waals surface area contributed by atoms with Crippen LogP contribution >= 0.6 is 27.7 Å². The number of furan rings is 1. The monoisotopic (exact) mass is 684 g/mol. The minimum Gasteiger partial charge on any atom is -0.497 e. The van der Waals surface area contributed by atoms with Crippen LogP contribution in [0.25, 0.3) is 5.69 Å². The number of methoxy groups -OCH3 is 1. The predicted molar refractivity (Wildman–Crippen MR) is 175 cm³/mol. The van der Waals surface area contributed by atoms with Crippen molar-refractivity contribution in [1.29, 1.82) is 0 Å². The lowest BCUT2D eigenvalue weighted by Crippen LogP contribution is -2.28. The second kappa shape index (κ2) is 13.5. The van der Waals surface area contributed by atoms with Crippen LogP contribution in [0.3, 0.4) is 0 Å². The summed E-state index contributed by atoms with van der Waals surface area (Å²) < 4.78 is 13.4. The molecule has 1 aliphatic heterocycles. The zero-order valence-electron chi connectivity index (χ0n) is 24.5. The molecule has 0 saturated heterocycles. The van der Waals surface area contributed by atoms with Gasteiger partial charge >= 0.3 is 0 Å². The molecule has 1 aliphatic rings. The second-order valence-corrected chi connectivity index (χ2v) is 12.2. The van der Waals surface area contributed by atoms with Gasteiger partial charge in [0.15, 0.2) is 16.7 Å². The van der Waals surface area contributed by atoms with Gasteiger partial charge in [-0.1, -0.05) is 64.1 Å². The van der Waals surface area contributed by atoms with E-state index in [1.165, 1.54) is 18.0 Å². The molecule has 0 fully saturated rings. The van der Waals surface area contributed by atoms with Crippen LogP contribution in [-0.4, -0.2) is 50.2 Å². The highest BCUT2D eigenvalue weighted by molar-refractivity contribution is 9.10. The van der Waals surface area contributed by atoms with Crippen LogP contribution in [0.4, 0.5) is 0 Å². The Balaban J connectivity index is 1.25. The van der Waals surface area contributed by atoms with E-state index in [-0.39, 0.29) is 35.9 Å². The van der Waals surface area contributed by atoms with Gasteiger partial charge in [0.05, 0.1) is 37.4 Å². The van der Waals surface area contributed by atoms with Gasteiger partial charge in [0, 0.05) is 16.6 Å². The van der Waals surface area contributed by atoms with Gasteiger partial charge in [-0.15, -0.1) is 10.2 Å². The first-order valence-corrected chi connectivity index (χ1v) is 15.9. The van der Waals surface area contributed by atoms with Gasteiger partial charge in [0.1, 0.15) is 5.75 Å². The van der Waals surface area contributed by atoms with Crippen molar-refractivity contribution >= 4 is 45.2 Å². The van der Waals surface area contributed by atoms with Crippen LogP contribution in [0.2, 0.25) is 0 Å². The Morgan fingerprint density at radius 2 is 1.84 bits per heavy atom. The van der Waals surface area contributed by atoms with E-state index in [4.69, 9.17) is 14.3 Å². The number of halogens is 1. The summed E-state index contributed by atoms with van der Waals surface area (Å²) in [4.78, 5) is 26.4. The van der Waals surface area contributed by atoms with Crippen LogP contribution in [0.5, 0.6) is 5.75 Å². The van der Waals surface area contributed by atoms with Gasteiger partial charge < -0.3 is 14.5 Å². The maximum Gasteiger partial charge on any atom is 0.287 e. The number of nitrogens with zero attached hydrogens (tertiary/aromatic N) is 5. The topological polar surface area (TPSA) is 115 Å². The van der Waals surface area contributed by atoms with Crippen LogP contribution in [-0.2, 0) is 11.3 Å². The first-order chi connectivity index (χ1) is 21.9. The summed E-state index contributed by atoms with van der Waals surface area (Å²) in [6, 6.07) is 26.5. The van der Waals surface area contributed by atoms with Gasteiger partial charge in [0.2, 0.25) is 0 Å². The van der Waals surface area contributed by atoms with Crippen molar-refractivity contribution in [1.82, 2.24) is 25.1 Å². The minimum absolute atomic E-state index is 0.0759. The van der Waals surface area contributed by atoms with E-state index in [9.17, 15) is 9.59 Å². The summed E-state index contributed by atoms with van der Waals surface area (Å²) in [6.07, 6.45) is 2.02. The Hall–Kier alpha value is -4.68. The molecule has 5 aromatic rings. The normalized spacial score (nSPS) is 14.3. The smallest absolute Gasteiger partial charge is 0.287 e. The standard InChI is InChI=1S/C33H29BrN6O4S/c1-21-5-3-6-25(17-21)39-30(19-35-32(42)29-7-4-16-44-29)36-37-33(39)45-20-31(41)40-28(23-10-14-26(43-2)15-11-23)18-27(38-40)22-8-12-24(34)13-9-22/h3-17,28H,18-20H2,1-2H3,(H,35,42)/t28-/m1/s1. The lowest BCUT2D eigenvalue weighted by molar-refractivity contribution is -0.130. The van der Waals surface area contributed by atoms with Crippen molar-refractivity contribution in [3.05, 3.63) is 124 Å². The first-order valence-electron chi connectivity index (χ1n) is 14.1. The molecular formula is C33H29BrN6O4S. The number of carbonyl (C=O) groups excluding carboxylic acids is 2. The summed E-state index contributed by atoms with van der Waals surface area (Å²) in [7, 11) is 1.63. The fraction of sp³-hybridized carbons (Fsp3) is 0.182. The van der Waals surface area contributed by atoms with Crippen LogP contribution in [0.15, 0.2) is 110 Å². The molecule has 3 heterocycles. The van der Waals surface area contributed by atoms with E-state index in [0.29, 0.717) is 17.4 Å². The number of amides is 2. The number of thioether (sulfide) groups is 1. The molecule has 0 spiro atoms. The third-order valence-electron chi connectivity index (χ3n) is 7.28. The van der Waals surface area contributed by atoms with Crippen molar-refractivity contribution in [2.75, 3.05) is 12.9 Å². The largest absolute Gasteiger partial charge is 0.497 e. The Morgan fingerprint density at radius 3 is 2.56 bits per heavy atom. The Labute approximate surface area is 272 Å². The molecular weight excluding hydrogens is 656 g/mol. The number of hydrogen-bond acceptors (Lipinski definition) is 8. The zero-order chi connectivity index (χ0) is 31.3. The quantitative estimate of drug-likeness (QED) is 0.171. The molecule has 10 nitrogen and oxygen atoms in total. The summed E-state index contributed by atoms with van der Waals surface area (Å²) >= 11 is 4.76. The predicted octanol–water partition coefficient (Wildman–Crippen LogP) is 6.34. The molecule has 0 saturated carbocycles. The number of ether oxygens (including phenoxy) is 1. The molecule has 12 heteroatoms. The molecule has 0 unspecified atom stereocenters. The fourth-order valence-electron chi connectivity index (χ4n) is 5.02. The Bertz CT molecular complexity index is 1840. The van der Waals surface area contributed by atoms with E-state index in [0.717, 1.165) is 38.3 Å². The highest BCUT2D eigenvalue weighted by Gasteiger charge is 2.33. The summed E-state index contributed by atoms with van der Waals surface area (Å²) in [5.41, 5.74) is 4.62. The SMILES string of the molecule is COc1ccc([C@H]2CC(c3ccc(Br)cc3)=NN2C(=O)CSc2nnc(CNC(=O)c3ccco3)n2-c2cccc(C)c2)cc1. The average molecular weight is 686 g/mol. The van der Waals surface area contributed by atoms with Crippen molar-refractivity contribution in [2.24, 2.45) is 5.10 Å². The zero-order valence-corrected chi connectivity index (χ0v) is 26.9. The van der Waals surface area contributed by atoms with Crippen molar-refractivity contribution in [3.63, 3.8) is 0 Å². The number of rotatable bonds is 10. The van der Waals surface area contributed by atoms with Gasteiger partial charge in [-0.05, 0) is 72.1 Å². The number of aromatic nitrogens is 3. The van der Waals surface area contributed by atoms with Crippen LogP contribution in [0.1, 0.15) is 45.5 Å². The molecule has 3 aromatic carbocycles. The van der Waals surface area contributed by atoms with Crippen LogP contribution < -0.4 is 10.1 Å². The molecule has 2 amide bonds. The molecule has 2 aromatic heterocycles. The van der Waals surface area contributed by atoms with Crippen LogP contribution in [0, 0.1) is 6.92 Å². The number of nitrogens with one attached hydrogen (secondary N) is 1. The lowest BCUT2D eigenvalue weighted by atomic mass is 9.98. The third kappa shape index (κ3) is 6.86. The maximum absolute atomic E-state index is 13.9. The Kier molecular flexibility index (Phi) is 9.13. The van der Waals surface area contributed by atoms with E-state index in [1.807, 2.05) is 84.3 Å². The van der Waals surface area contributed by atoms with Crippen molar-refractivity contribution in [2.45, 2.75) is 31.1 Å². The molecule has 0 radical (unpaired) electrons. The lowest BCUT2D eigenvalue weighted by Gasteiger charge is -2.22. The van der Waals surface area contributed by atoms with Gasteiger partial charge in [-0.25, -0.2) is 5.01 Å². The highest BCUT2D eigenvalue weighted by Crippen LogP contribution is 2.35. The molecule has 228 valence electrons. The van der Waals surface area contributed by atoms with E-state index < -0.39 is 0 Å². The van der Waals surface area contributed by atoms with E-state index >= 15 is 0 Å². The molecule has 45 heavy (non-hydrogen) atoms. The van der Waals surface area contributed by atoms with Gasteiger partial charge in [0.25, 0.3) is 11.8 Å². The van der Waals surface area contributed by atoms with E-state index in [2.05, 4.69) is 31.4 Å². The summed E-state index contributed by atoms with van der Waals surface area (Å²) in [5, 5.41) is 18.5. The second-order valence-electron chi connectivity index (χ2n) is 10.3. The molecule has 0 bridgehead atoms. The highest BCUT2D eigenvalue weighted by atomic mass is 79.9. The number of aryl methyl sites for hydroxylation is 1. The molecule has 0 aliphatic carbocycles. The fourth-order valence-corrected chi connectivity index (χ4v) is 6.11. The summed E-state index contributed by atoms with van der Waals surface area (Å²) in [6.45, 7) is 2.11. The van der Waals surface area contributed by atoms with Crippen molar-refractivity contribution in [3.8, 4) is 11.4 Å². The number of benzene rings is 3. The molecule has 1 atom stereocenters. The molecule has 1 N–H and O–H groups in total. The van der Waals surface area contributed by atoms with Gasteiger partial charge in [-0.2, -0.15) is 5.10 Å². The summed E-state index contributed by atoms with van der Waals surface area (Å²) in [5.74, 6) is 1.01. The minimum atomic E-state index is -0.360. The maximum atomic E-state index is 13.9. The Morgan fingerprint density at radius 1 is 1.04 bits per heavy atom. The first kappa shape index (κ1) is 30.4. The third-order valence-corrected chi connectivity index (χ3v) is 8.72. The number of hydrazone groups is 1. The van der Waals surface area contributed by atoms with Gasteiger partial charge in [-0.3, -0.25) is 14.2 Å². The molecule has 6 rings (SSSR count). The van der Waals surface area contributed by atoms with Crippen molar-refractivity contribution < 1.29 is 18.7 Å². The number of hydrogen-bond donors (Lipinski definition) is 1. The number of carbonyl (C=O) groups is 2. The van der Waals surface area contributed by atoms with E-state index in [1.54, 1.807) is 24.3 Å². The average Bonchev–Trinajstić information content (AvgIpc) is 3.83.